The van der Waals surface area contributed by atoms with Crippen molar-refractivity contribution in [3.63, 3.8) is 0 Å². The molecule has 1 fully saturated rings. The van der Waals surface area contributed by atoms with E-state index in [0.717, 1.165) is 6.42 Å². The third-order valence-corrected chi connectivity index (χ3v) is 6.76. The van der Waals surface area contributed by atoms with E-state index in [4.69, 9.17) is 14.2 Å². The summed E-state index contributed by atoms with van der Waals surface area (Å²) >= 11 is 0. The minimum absolute atomic E-state index is 0.0200. The number of rotatable bonds is 12. The molecule has 0 bridgehead atoms. The maximum absolute atomic E-state index is 12.6. The molecule has 0 amide bonds. The third-order valence-electron chi connectivity index (χ3n) is 6.76. The number of hydrogen-bond donors (Lipinski definition) is 1. The van der Waals surface area contributed by atoms with Gasteiger partial charge in [0.05, 0.1) is 0 Å². The number of carbonyl (C=O) groups excluding carboxylic acids is 3. The van der Waals surface area contributed by atoms with Crippen molar-refractivity contribution in [3.05, 3.63) is 47.6 Å². The van der Waals surface area contributed by atoms with E-state index in [1.165, 1.54) is 0 Å². The molecule has 0 aromatic carbocycles. The average molecular weight is 462 g/mol. The van der Waals surface area contributed by atoms with E-state index in [2.05, 4.69) is 24.8 Å². The summed E-state index contributed by atoms with van der Waals surface area (Å²) in [5.41, 5.74) is 1.98. The number of aliphatic hydroxyl groups excluding tert-OH is 1. The summed E-state index contributed by atoms with van der Waals surface area (Å²) in [4.78, 5) is 36.4. The Bertz CT molecular complexity index is 913. The molecule has 1 saturated carbocycles. The van der Waals surface area contributed by atoms with Gasteiger partial charge in [-0.05, 0) is 38.5 Å². The normalized spacial score (nSPS) is 27.5. The molecule has 2 N–H and O–H groups in total. The zero-order valence-electron chi connectivity index (χ0n) is 19.5. The number of allylic oxidation sites excluding steroid dienone is 2. The van der Waals surface area contributed by atoms with E-state index in [-0.39, 0.29) is 61.1 Å². The number of aliphatic hydroxyl groups is 3. The first kappa shape index (κ1) is 24.9. The lowest BCUT2D eigenvalue weighted by atomic mass is 9.39. The van der Waals surface area contributed by atoms with Crippen molar-refractivity contribution in [1.29, 1.82) is 0 Å². The summed E-state index contributed by atoms with van der Waals surface area (Å²) in [5, 5.41) is 9.61. The van der Waals surface area contributed by atoms with Gasteiger partial charge in [0.1, 0.15) is 13.2 Å². The molecule has 0 heterocycles. The largest absolute Gasteiger partial charge is 0.459 e. The predicted octanol–water partition coefficient (Wildman–Crippen LogP) is 2.14. The summed E-state index contributed by atoms with van der Waals surface area (Å²) in [6.07, 6.45) is 4.43. The second-order valence-corrected chi connectivity index (χ2v) is 8.94. The van der Waals surface area contributed by atoms with Crippen molar-refractivity contribution in [2.45, 2.75) is 39.9 Å². The highest BCUT2D eigenvalue weighted by atomic mass is 16.6. The zero-order chi connectivity index (χ0) is 24.3. The van der Waals surface area contributed by atoms with Crippen LogP contribution in [-0.4, -0.2) is 60.5 Å². The maximum atomic E-state index is 12.6. The highest BCUT2D eigenvalue weighted by Gasteiger charge is 2.68. The van der Waals surface area contributed by atoms with Crippen LogP contribution in [0.15, 0.2) is 47.6 Å². The molecule has 8 nitrogen and oxygen atoms in total. The molecule has 5 unspecified atom stereocenters. The molecule has 33 heavy (non-hydrogen) atoms. The monoisotopic (exact) mass is 461 g/mol. The molecule has 3 aliphatic rings. The van der Waals surface area contributed by atoms with Gasteiger partial charge in [0.15, 0.2) is 13.2 Å². The molecular weight excluding hydrogens is 428 g/mol. The topological polar surface area (TPSA) is 112 Å². The van der Waals surface area contributed by atoms with Crippen molar-refractivity contribution in [3.8, 4) is 0 Å². The second kappa shape index (κ2) is 10.1. The van der Waals surface area contributed by atoms with Crippen LogP contribution in [0.2, 0.25) is 0 Å². The Balaban J connectivity index is 1.47. The molecule has 0 aromatic rings. The minimum atomic E-state index is -0.951. The quantitative estimate of drug-likeness (QED) is 0.0901. The molecule has 8 heteroatoms. The molecule has 0 saturated heterocycles. The molecule has 0 aliphatic heterocycles. The number of ether oxygens (including phenoxy) is 4. The highest BCUT2D eigenvalue weighted by Crippen LogP contribution is 2.72. The van der Waals surface area contributed by atoms with Gasteiger partial charge in [0.2, 0.25) is 0 Å². The summed E-state index contributed by atoms with van der Waals surface area (Å²) in [6, 6.07) is 0. The van der Waals surface area contributed by atoms with Gasteiger partial charge < -0.3 is 24.1 Å². The summed E-state index contributed by atoms with van der Waals surface area (Å²) in [6.45, 7) is 12.7. The lowest BCUT2D eigenvalue weighted by Crippen LogP contribution is -2.60. The number of hydrogen-bond acceptors (Lipinski definition) is 7. The predicted molar refractivity (Wildman–Crippen MR) is 120 cm³/mol. The van der Waals surface area contributed by atoms with Gasteiger partial charge in [-0.25, -0.2) is 14.4 Å². The Morgan fingerprint density at radius 1 is 1.15 bits per heavy atom. The Kier molecular flexibility index (Phi) is 7.59. The lowest BCUT2D eigenvalue weighted by Gasteiger charge is -2.64. The molecule has 5 atom stereocenters. The van der Waals surface area contributed by atoms with Gasteiger partial charge in [-0.15, -0.1) is 0 Å². The van der Waals surface area contributed by atoms with Crippen LogP contribution in [0.3, 0.4) is 0 Å². The Morgan fingerprint density at radius 3 is 2.45 bits per heavy atom. The second-order valence-electron chi connectivity index (χ2n) is 8.94. The molecule has 0 radical (unpaired) electrons. The van der Waals surface area contributed by atoms with E-state index >= 15 is 0 Å². The van der Waals surface area contributed by atoms with Gasteiger partial charge in [-0.1, -0.05) is 32.2 Å². The maximum Gasteiger partial charge on any atom is 0.334 e. The first-order chi connectivity index (χ1) is 15.6. The Labute approximate surface area is 193 Å². The molecule has 180 valence electrons. The van der Waals surface area contributed by atoms with Gasteiger partial charge in [-0.3, -0.25) is 0 Å². The van der Waals surface area contributed by atoms with Crippen molar-refractivity contribution in [2.75, 3.05) is 26.4 Å². The van der Waals surface area contributed by atoms with Crippen LogP contribution in [-0.2, 0) is 28.6 Å². The van der Waals surface area contributed by atoms with Gasteiger partial charge in [0.25, 0.3) is 6.29 Å². The van der Waals surface area contributed by atoms with Gasteiger partial charge in [0, 0.05) is 33.6 Å². The standard InChI is InChI=1S/C25H32O8/c1-6-25-13-18(24(29)33-10-8-31-22(27)15(4)5)20(25)17-11-16(12-19(17)25)23(28)32-9-7-30-21(26)14(2)3/h12-13,17,19-20,22,27H,2,4,6-11H2,1,3,5H3/p+1. The lowest BCUT2D eigenvalue weighted by molar-refractivity contribution is -0.201. The third kappa shape index (κ3) is 4.82. The van der Waals surface area contributed by atoms with Crippen LogP contribution >= 0.6 is 0 Å². The number of esters is 3. The SMILES string of the molecule is C=C(C)C(=O)OCCOC(=O)C1=CC2C(C1)C1C(C(=O)OCC[OH+]C(O)C(=C)C)=CC21CC. The van der Waals surface area contributed by atoms with E-state index < -0.39 is 18.2 Å². The summed E-state index contributed by atoms with van der Waals surface area (Å²) in [7, 11) is 0. The fourth-order valence-corrected chi connectivity index (χ4v) is 5.08. The minimum Gasteiger partial charge on any atom is -0.459 e. The Hall–Kier alpha value is -2.71. The molecular formula is C25H33O8+. The summed E-state index contributed by atoms with van der Waals surface area (Å²) in [5.74, 6) is -0.848. The van der Waals surface area contributed by atoms with Crippen LogP contribution in [0.1, 0.15) is 33.6 Å². The highest BCUT2D eigenvalue weighted by molar-refractivity contribution is 5.94. The molecule has 0 spiro atoms. The first-order valence-electron chi connectivity index (χ1n) is 11.2. The average Bonchev–Trinajstić information content (AvgIpc) is 3.14. The molecule has 0 aromatic heterocycles. The molecule has 3 rings (SSSR count). The zero-order valence-corrected chi connectivity index (χ0v) is 19.5. The van der Waals surface area contributed by atoms with Crippen molar-refractivity contribution in [2.24, 2.45) is 23.2 Å². The first-order valence-corrected chi connectivity index (χ1v) is 11.2. The van der Waals surface area contributed by atoms with Crippen LogP contribution in [0, 0.1) is 23.2 Å². The summed E-state index contributed by atoms with van der Waals surface area (Å²) < 4.78 is 19.5. The van der Waals surface area contributed by atoms with Crippen LogP contribution in [0.5, 0.6) is 0 Å². The molecule has 3 aliphatic carbocycles. The fraction of sp³-hybridized carbons (Fsp3) is 0.560. The number of fused-ring (bicyclic) bond motifs is 4. The van der Waals surface area contributed by atoms with Crippen molar-refractivity contribution in [1.82, 2.24) is 0 Å². The fourth-order valence-electron chi connectivity index (χ4n) is 5.08. The number of carbonyl (C=O) groups is 3. The van der Waals surface area contributed by atoms with E-state index in [1.807, 2.05) is 12.2 Å². The Morgan fingerprint density at radius 2 is 1.82 bits per heavy atom. The van der Waals surface area contributed by atoms with Crippen molar-refractivity contribution >= 4 is 17.9 Å². The van der Waals surface area contributed by atoms with Gasteiger partial charge in [-0.2, -0.15) is 0 Å². The smallest absolute Gasteiger partial charge is 0.334 e. The van der Waals surface area contributed by atoms with Crippen LogP contribution < -0.4 is 0 Å². The van der Waals surface area contributed by atoms with Crippen molar-refractivity contribution < 1.29 is 38.4 Å². The van der Waals surface area contributed by atoms with E-state index in [0.29, 0.717) is 23.1 Å². The van der Waals surface area contributed by atoms with Gasteiger partial charge >= 0.3 is 17.9 Å². The van der Waals surface area contributed by atoms with Crippen LogP contribution in [0.4, 0.5) is 0 Å². The van der Waals surface area contributed by atoms with E-state index in [1.54, 1.807) is 13.8 Å². The van der Waals surface area contributed by atoms with Crippen LogP contribution in [0.25, 0.3) is 0 Å². The van der Waals surface area contributed by atoms with E-state index in [9.17, 15) is 19.5 Å².